The van der Waals surface area contributed by atoms with Crippen LogP contribution in [0.3, 0.4) is 0 Å². The van der Waals surface area contributed by atoms with E-state index in [4.69, 9.17) is 0 Å². The number of hydrogen-bond acceptors (Lipinski definition) is 3. The fourth-order valence-electron chi connectivity index (χ4n) is 2.47. The summed E-state index contributed by atoms with van der Waals surface area (Å²) in [6.45, 7) is 11.3. The maximum atomic E-state index is 4.50. The summed E-state index contributed by atoms with van der Waals surface area (Å²) < 4.78 is 0. The minimum absolute atomic E-state index is 0.180. The Labute approximate surface area is 117 Å². The summed E-state index contributed by atoms with van der Waals surface area (Å²) in [6.07, 6.45) is 6.11. The normalized spacial score (nSPS) is 17.4. The molecule has 0 radical (unpaired) electrons. The molecule has 0 amide bonds. The number of aromatic nitrogens is 1. The van der Waals surface area contributed by atoms with E-state index in [0.29, 0.717) is 0 Å². The van der Waals surface area contributed by atoms with Crippen LogP contribution in [0.15, 0.2) is 18.3 Å². The lowest BCUT2D eigenvalue weighted by atomic mass is 9.88. The van der Waals surface area contributed by atoms with E-state index in [1.807, 2.05) is 6.20 Å². The third-order valence-corrected chi connectivity index (χ3v) is 3.81. The highest BCUT2D eigenvalue weighted by Crippen LogP contribution is 2.21. The van der Waals surface area contributed by atoms with Gasteiger partial charge in [-0.15, -0.1) is 0 Å². The highest BCUT2D eigenvalue weighted by atomic mass is 15.1. The first kappa shape index (κ1) is 14.3. The molecule has 3 heteroatoms. The smallest absolute Gasteiger partial charge is 0.125 e. The number of likely N-dealkylation sites (tertiary alicyclic amines) is 1. The maximum Gasteiger partial charge on any atom is 0.125 e. The predicted octanol–water partition coefficient (Wildman–Crippen LogP) is 3.28. The molecule has 0 aromatic carbocycles. The first-order valence-electron chi connectivity index (χ1n) is 7.48. The molecule has 0 aliphatic carbocycles. The van der Waals surface area contributed by atoms with Crippen LogP contribution in [-0.4, -0.2) is 36.1 Å². The van der Waals surface area contributed by atoms with Crippen molar-refractivity contribution in [1.29, 1.82) is 0 Å². The quantitative estimate of drug-likeness (QED) is 0.901. The lowest BCUT2D eigenvalue weighted by Crippen LogP contribution is -2.33. The molecule has 0 saturated carbocycles. The van der Waals surface area contributed by atoms with Crippen molar-refractivity contribution in [3.05, 3.63) is 23.9 Å². The predicted molar refractivity (Wildman–Crippen MR) is 81.7 cm³/mol. The van der Waals surface area contributed by atoms with Gasteiger partial charge in [-0.3, -0.25) is 0 Å². The van der Waals surface area contributed by atoms with Gasteiger partial charge < -0.3 is 10.2 Å². The van der Waals surface area contributed by atoms with Gasteiger partial charge in [0, 0.05) is 19.3 Å². The molecule has 2 heterocycles. The Morgan fingerprint density at radius 2 is 1.89 bits per heavy atom. The molecule has 106 valence electrons. The largest absolute Gasteiger partial charge is 0.369 e. The van der Waals surface area contributed by atoms with E-state index in [-0.39, 0.29) is 5.41 Å². The Morgan fingerprint density at radius 3 is 2.47 bits per heavy atom. The Hall–Kier alpha value is -1.09. The molecule has 1 aliphatic heterocycles. The zero-order valence-electron chi connectivity index (χ0n) is 12.6. The summed E-state index contributed by atoms with van der Waals surface area (Å²) in [7, 11) is 0. The second kappa shape index (κ2) is 6.38. The Kier molecular flexibility index (Phi) is 4.81. The highest BCUT2D eigenvalue weighted by Gasteiger charge is 2.13. The number of pyridine rings is 1. The zero-order valence-corrected chi connectivity index (χ0v) is 12.6. The second-order valence-corrected chi connectivity index (χ2v) is 6.51. The maximum absolute atomic E-state index is 4.50. The Morgan fingerprint density at radius 1 is 1.16 bits per heavy atom. The van der Waals surface area contributed by atoms with Crippen LogP contribution in [0.5, 0.6) is 0 Å². The molecular formula is C16H27N3. The monoisotopic (exact) mass is 261 g/mol. The fourth-order valence-corrected chi connectivity index (χ4v) is 2.47. The van der Waals surface area contributed by atoms with Crippen LogP contribution >= 0.6 is 0 Å². The van der Waals surface area contributed by atoms with E-state index in [9.17, 15) is 0 Å². The van der Waals surface area contributed by atoms with Crippen molar-refractivity contribution in [3.63, 3.8) is 0 Å². The number of anilines is 1. The second-order valence-electron chi connectivity index (χ2n) is 6.51. The van der Waals surface area contributed by atoms with Crippen LogP contribution in [0.4, 0.5) is 5.82 Å². The summed E-state index contributed by atoms with van der Waals surface area (Å²) in [5.74, 6) is 0.991. The van der Waals surface area contributed by atoms with Crippen molar-refractivity contribution >= 4 is 5.82 Å². The lowest BCUT2D eigenvalue weighted by Gasteiger charge is -2.26. The van der Waals surface area contributed by atoms with E-state index >= 15 is 0 Å². The summed E-state index contributed by atoms with van der Waals surface area (Å²) in [5, 5.41) is 3.42. The Bertz CT molecular complexity index is 372. The van der Waals surface area contributed by atoms with Crippen LogP contribution < -0.4 is 5.32 Å². The van der Waals surface area contributed by atoms with E-state index in [0.717, 1.165) is 18.9 Å². The third kappa shape index (κ3) is 4.50. The van der Waals surface area contributed by atoms with Crippen molar-refractivity contribution in [2.75, 3.05) is 31.5 Å². The van der Waals surface area contributed by atoms with Gasteiger partial charge in [0.1, 0.15) is 5.82 Å². The van der Waals surface area contributed by atoms with E-state index < -0.39 is 0 Å². The van der Waals surface area contributed by atoms with Gasteiger partial charge in [0.2, 0.25) is 0 Å². The first-order chi connectivity index (χ1) is 9.05. The number of hydrogen-bond donors (Lipinski definition) is 1. The van der Waals surface area contributed by atoms with Gasteiger partial charge in [0.05, 0.1) is 0 Å². The van der Waals surface area contributed by atoms with Crippen molar-refractivity contribution < 1.29 is 0 Å². The van der Waals surface area contributed by atoms with Gasteiger partial charge >= 0.3 is 0 Å². The zero-order chi connectivity index (χ0) is 13.7. The highest BCUT2D eigenvalue weighted by molar-refractivity contribution is 5.37. The molecule has 1 fully saturated rings. The van der Waals surface area contributed by atoms with Crippen LogP contribution in [-0.2, 0) is 5.41 Å². The molecule has 1 aromatic heterocycles. The molecule has 1 N–H and O–H groups in total. The van der Waals surface area contributed by atoms with Crippen LogP contribution in [0.2, 0.25) is 0 Å². The third-order valence-electron chi connectivity index (χ3n) is 3.81. The van der Waals surface area contributed by atoms with Gasteiger partial charge in [-0.25, -0.2) is 4.98 Å². The molecule has 0 unspecified atom stereocenters. The fraction of sp³-hybridized carbons (Fsp3) is 0.688. The van der Waals surface area contributed by atoms with Gasteiger partial charge in [-0.1, -0.05) is 33.3 Å². The van der Waals surface area contributed by atoms with Crippen LogP contribution in [0.1, 0.15) is 45.6 Å². The van der Waals surface area contributed by atoms with Gasteiger partial charge in [0.15, 0.2) is 0 Å². The SMILES string of the molecule is CC(C)(C)c1ccc(NCCN2CCCCC2)nc1. The number of piperidine rings is 1. The van der Waals surface area contributed by atoms with Gasteiger partial charge in [-0.05, 0) is 43.0 Å². The van der Waals surface area contributed by atoms with Gasteiger partial charge in [0.25, 0.3) is 0 Å². The van der Waals surface area contributed by atoms with E-state index in [1.54, 1.807) is 0 Å². The average Bonchev–Trinajstić information content (AvgIpc) is 2.39. The molecule has 1 aromatic rings. The molecular weight excluding hydrogens is 234 g/mol. The van der Waals surface area contributed by atoms with E-state index in [2.05, 4.69) is 48.1 Å². The lowest BCUT2D eigenvalue weighted by molar-refractivity contribution is 0.237. The minimum Gasteiger partial charge on any atom is -0.369 e. The molecule has 0 bridgehead atoms. The molecule has 0 spiro atoms. The molecule has 3 nitrogen and oxygen atoms in total. The van der Waals surface area contributed by atoms with Crippen molar-refractivity contribution in [3.8, 4) is 0 Å². The minimum atomic E-state index is 0.180. The molecule has 2 rings (SSSR count). The molecule has 19 heavy (non-hydrogen) atoms. The molecule has 0 atom stereocenters. The average molecular weight is 261 g/mol. The topological polar surface area (TPSA) is 28.2 Å². The molecule has 1 saturated heterocycles. The van der Waals surface area contributed by atoms with Crippen molar-refractivity contribution in [2.45, 2.75) is 45.4 Å². The number of rotatable bonds is 4. The summed E-state index contributed by atoms with van der Waals surface area (Å²) >= 11 is 0. The van der Waals surface area contributed by atoms with E-state index in [1.165, 1.54) is 37.9 Å². The standard InChI is InChI=1S/C16H27N3/c1-16(2,3)14-7-8-15(18-13-14)17-9-12-19-10-5-4-6-11-19/h7-8,13H,4-6,9-12H2,1-3H3,(H,17,18). The summed E-state index contributed by atoms with van der Waals surface area (Å²) in [6, 6.07) is 4.27. The summed E-state index contributed by atoms with van der Waals surface area (Å²) in [4.78, 5) is 7.04. The first-order valence-corrected chi connectivity index (χ1v) is 7.48. The number of nitrogens with one attached hydrogen (secondary N) is 1. The van der Waals surface area contributed by atoms with Crippen LogP contribution in [0.25, 0.3) is 0 Å². The van der Waals surface area contributed by atoms with Gasteiger partial charge in [-0.2, -0.15) is 0 Å². The van der Waals surface area contributed by atoms with Crippen LogP contribution in [0, 0.1) is 0 Å². The number of nitrogens with zero attached hydrogens (tertiary/aromatic N) is 2. The Balaban J connectivity index is 1.76. The van der Waals surface area contributed by atoms with Crippen molar-refractivity contribution in [2.24, 2.45) is 0 Å². The van der Waals surface area contributed by atoms with Crippen molar-refractivity contribution in [1.82, 2.24) is 9.88 Å². The molecule has 1 aliphatic rings. The summed E-state index contributed by atoms with van der Waals surface area (Å²) in [5.41, 5.74) is 1.47.